The molecule has 0 fully saturated rings. The SMILES string of the molecule is Cc1cc(C)c(NC(=O)CNC(=O)COc2ccccc2C)c(C)c1. The number of carbonyl (C=O) groups is 2. The molecule has 132 valence electrons. The smallest absolute Gasteiger partial charge is 0.258 e. The number of nitrogens with one attached hydrogen (secondary N) is 2. The van der Waals surface area contributed by atoms with Gasteiger partial charge in [-0.15, -0.1) is 0 Å². The van der Waals surface area contributed by atoms with E-state index in [0.717, 1.165) is 27.9 Å². The molecule has 0 saturated heterocycles. The maximum atomic E-state index is 12.1. The lowest BCUT2D eigenvalue weighted by atomic mass is 10.1. The summed E-state index contributed by atoms with van der Waals surface area (Å²) in [5.41, 5.74) is 4.90. The summed E-state index contributed by atoms with van der Waals surface area (Å²) in [6.07, 6.45) is 0. The molecular formula is C20H24N2O3. The second kappa shape index (κ2) is 8.33. The summed E-state index contributed by atoms with van der Waals surface area (Å²) in [5.74, 6) is 0.0584. The molecular weight excluding hydrogens is 316 g/mol. The lowest BCUT2D eigenvalue weighted by Gasteiger charge is -2.13. The molecule has 2 aromatic carbocycles. The highest BCUT2D eigenvalue weighted by Crippen LogP contribution is 2.21. The first-order valence-corrected chi connectivity index (χ1v) is 8.19. The highest BCUT2D eigenvalue weighted by Gasteiger charge is 2.10. The van der Waals surface area contributed by atoms with Crippen LogP contribution in [0, 0.1) is 27.7 Å². The topological polar surface area (TPSA) is 67.4 Å². The zero-order valence-electron chi connectivity index (χ0n) is 15.1. The fourth-order valence-electron chi connectivity index (χ4n) is 2.65. The van der Waals surface area contributed by atoms with Gasteiger partial charge in [0.05, 0.1) is 6.54 Å². The molecule has 0 aliphatic rings. The van der Waals surface area contributed by atoms with Gasteiger partial charge in [0.1, 0.15) is 5.75 Å². The minimum atomic E-state index is -0.337. The highest BCUT2D eigenvalue weighted by atomic mass is 16.5. The molecule has 0 aliphatic carbocycles. The number of ether oxygens (including phenoxy) is 1. The molecule has 0 bridgehead atoms. The second-order valence-corrected chi connectivity index (χ2v) is 6.15. The molecule has 25 heavy (non-hydrogen) atoms. The van der Waals surface area contributed by atoms with E-state index in [9.17, 15) is 9.59 Å². The van der Waals surface area contributed by atoms with Gasteiger partial charge in [0.25, 0.3) is 5.91 Å². The van der Waals surface area contributed by atoms with Gasteiger partial charge in [-0.25, -0.2) is 0 Å². The Morgan fingerprint density at radius 3 is 2.20 bits per heavy atom. The van der Waals surface area contributed by atoms with E-state index >= 15 is 0 Å². The van der Waals surface area contributed by atoms with Crippen LogP contribution in [0.25, 0.3) is 0 Å². The van der Waals surface area contributed by atoms with Gasteiger partial charge in [-0.3, -0.25) is 9.59 Å². The molecule has 0 spiro atoms. The Morgan fingerprint density at radius 1 is 0.920 bits per heavy atom. The van der Waals surface area contributed by atoms with Gasteiger partial charge < -0.3 is 15.4 Å². The van der Waals surface area contributed by atoms with Crippen LogP contribution in [0.1, 0.15) is 22.3 Å². The predicted molar refractivity (Wildman–Crippen MR) is 99.0 cm³/mol. The Morgan fingerprint density at radius 2 is 1.56 bits per heavy atom. The molecule has 2 aromatic rings. The largest absolute Gasteiger partial charge is 0.484 e. The van der Waals surface area contributed by atoms with Crippen molar-refractivity contribution >= 4 is 17.5 Å². The molecule has 0 aliphatic heterocycles. The van der Waals surface area contributed by atoms with E-state index in [2.05, 4.69) is 10.6 Å². The van der Waals surface area contributed by atoms with Crippen molar-refractivity contribution in [2.75, 3.05) is 18.5 Å². The third-order valence-electron chi connectivity index (χ3n) is 3.84. The standard InChI is InChI=1S/C20H24N2O3/c1-13-9-15(3)20(16(4)10-13)22-18(23)11-21-19(24)12-25-17-8-6-5-7-14(17)2/h5-10H,11-12H2,1-4H3,(H,21,24)(H,22,23). The van der Waals surface area contributed by atoms with E-state index in [1.165, 1.54) is 0 Å². The molecule has 2 amide bonds. The Hall–Kier alpha value is -2.82. The van der Waals surface area contributed by atoms with Gasteiger partial charge in [-0.05, 0) is 50.5 Å². The highest BCUT2D eigenvalue weighted by molar-refractivity contribution is 5.95. The molecule has 2 N–H and O–H groups in total. The maximum absolute atomic E-state index is 12.1. The number of aryl methyl sites for hydroxylation is 4. The van der Waals surface area contributed by atoms with E-state index in [0.29, 0.717) is 5.75 Å². The zero-order valence-corrected chi connectivity index (χ0v) is 15.1. The van der Waals surface area contributed by atoms with Crippen molar-refractivity contribution < 1.29 is 14.3 Å². The summed E-state index contributed by atoms with van der Waals surface area (Å²) in [4.78, 5) is 23.9. The van der Waals surface area contributed by atoms with Crippen molar-refractivity contribution in [3.8, 4) is 5.75 Å². The van der Waals surface area contributed by atoms with Crippen LogP contribution in [0.3, 0.4) is 0 Å². The van der Waals surface area contributed by atoms with Crippen LogP contribution in [-0.2, 0) is 9.59 Å². The normalized spacial score (nSPS) is 10.2. The van der Waals surface area contributed by atoms with Crippen molar-refractivity contribution in [1.82, 2.24) is 5.32 Å². The number of amides is 2. The molecule has 0 aromatic heterocycles. The van der Waals surface area contributed by atoms with Crippen molar-refractivity contribution in [1.29, 1.82) is 0 Å². The Labute approximate surface area is 148 Å². The van der Waals surface area contributed by atoms with Crippen molar-refractivity contribution in [3.05, 3.63) is 58.7 Å². The molecule has 0 heterocycles. The van der Waals surface area contributed by atoms with Gasteiger partial charge in [-0.2, -0.15) is 0 Å². The predicted octanol–water partition coefficient (Wildman–Crippen LogP) is 3.05. The van der Waals surface area contributed by atoms with E-state index in [1.54, 1.807) is 6.07 Å². The van der Waals surface area contributed by atoms with Gasteiger partial charge in [0.2, 0.25) is 5.91 Å². The van der Waals surface area contributed by atoms with Gasteiger partial charge in [0.15, 0.2) is 6.61 Å². The number of para-hydroxylation sites is 1. The van der Waals surface area contributed by atoms with Crippen molar-refractivity contribution in [2.45, 2.75) is 27.7 Å². The van der Waals surface area contributed by atoms with Gasteiger partial charge in [-0.1, -0.05) is 35.9 Å². The minimum Gasteiger partial charge on any atom is -0.484 e. The zero-order chi connectivity index (χ0) is 18.4. The van der Waals surface area contributed by atoms with Crippen LogP contribution in [0.4, 0.5) is 5.69 Å². The molecule has 0 radical (unpaired) electrons. The molecule has 0 unspecified atom stereocenters. The fourth-order valence-corrected chi connectivity index (χ4v) is 2.65. The average molecular weight is 340 g/mol. The molecule has 5 heteroatoms. The number of hydrogen-bond acceptors (Lipinski definition) is 3. The van der Waals surface area contributed by atoms with Crippen molar-refractivity contribution in [3.63, 3.8) is 0 Å². The molecule has 0 atom stereocenters. The lowest BCUT2D eigenvalue weighted by Crippen LogP contribution is -2.36. The number of carbonyl (C=O) groups excluding carboxylic acids is 2. The third-order valence-corrected chi connectivity index (χ3v) is 3.84. The summed E-state index contributed by atoms with van der Waals surface area (Å²) in [6, 6.07) is 11.5. The Balaban J connectivity index is 1.82. The van der Waals surface area contributed by atoms with Crippen LogP contribution in [0.2, 0.25) is 0 Å². The Kier molecular flexibility index (Phi) is 6.17. The number of hydrogen-bond donors (Lipinski definition) is 2. The van der Waals surface area contributed by atoms with Gasteiger partial charge in [0, 0.05) is 5.69 Å². The van der Waals surface area contributed by atoms with Crippen LogP contribution >= 0.6 is 0 Å². The van der Waals surface area contributed by atoms with Crippen LogP contribution in [-0.4, -0.2) is 25.0 Å². The summed E-state index contributed by atoms with van der Waals surface area (Å²) in [5, 5.41) is 5.42. The fraction of sp³-hybridized carbons (Fsp3) is 0.300. The summed E-state index contributed by atoms with van der Waals surface area (Å²) in [7, 11) is 0. The molecule has 5 nitrogen and oxygen atoms in total. The van der Waals surface area contributed by atoms with E-state index in [1.807, 2.05) is 58.0 Å². The molecule has 0 saturated carbocycles. The number of rotatable bonds is 6. The van der Waals surface area contributed by atoms with Gasteiger partial charge >= 0.3 is 0 Å². The van der Waals surface area contributed by atoms with E-state index in [4.69, 9.17) is 4.74 Å². The monoisotopic (exact) mass is 340 g/mol. The van der Waals surface area contributed by atoms with Crippen LogP contribution < -0.4 is 15.4 Å². The average Bonchev–Trinajstić information content (AvgIpc) is 2.55. The van der Waals surface area contributed by atoms with E-state index < -0.39 is 0 Å². The quantitative estimate of drug-likeness (QED) is 0.849. The molecule has 2 rings (SSSR count). The first kappa shape index (κ1) is 18.5. The summed E-state index contributed by atoms with van der Waals surface area (Å²) < 4.78 is 5.46. The van der Waals surface area contributed by atoms with E-state index in [-0.39, 0.29) is 25.0 Å². The first-order chi connectivity index (χ1) is 11.9. The minimum absolute atomic E-state index is 0.0945. The number of benzene rings is 2. The summed E-state index contributed by atoms with van der Waals surface area (Å²) >= 11 is 0. The maximum Gasteiger partial charge on any atom is 0.258 e. The first-order valence-electron chi connectivity index (χ1n) is 8.19. The third kappa shape index (κ3) is 5.35. The van der Waals surface area contributed by atoms with Crippen molar-refractivity contribution in [2.24, 2.45) is 0 Å². The second-order valence-electron chi connectivity index (χ2n) is 6.15. The number of anilines is 1. The van der Waals surface area contributed by atoms with Crippen LogP contribution in [0.15, 0.2) is 36.4 Å². The lowest BCUT2D eigenvalue weighted by molar-refractivity contribution is -0.125. The summed E-state index contributed by atoms with van der Waals surface area (Å²) in [6.45, 7) is 7.60. The van der Waals surface area contributed by atoms with Crippen LogP contribution in [0.5, 0.6) is 5.75 Å². The Bertz CT molecular complexity index is 761.